The van der Waals surface area contributed by atoms with Crippen LogP contribution in [0.2, 0.25) is 0 Å². The van der Waals surface area contributed by atoms with Gasteiger partial charge in [-0.3, -0.25) is 9.48 Å². The van der Waals surface area contributed by atoms with E-state index >= 15 is 0 Å². The van der Waals surface area contributed by atoms with Gasteiger partial charge in [0.2, 0.25) is 0 Å². The van der Waals surface area contributed by atoms with Crippen LogP contribution >= 0.6 is 0 Å². The molecule has 0 unspecified atom stereocenters. The van der Waals surface area contributed by atoms with Crippen molar-refractivity contribution in [2.75, 3.05) is 13.1 Å². The average molecular weight is 338 g/mol. The Balaban J connectivity index is 1.53. The summed E-state index contributed by atoms with van der Waals surface area (Å²) < 4.78 is 18.0. The number of carbonyl (C=O) groups excluding carboxylic acids is 1. The van der Waals surface area contributed by atoms with E-state index in [4.69, 9.17) is 0 Å². The van der Waals surface area contributed by atoms with Crippen molar-refractivity contribution in [3.05, 3.63) is 72.6 Å². The minimum Gasteiger partial charge on any atom is -0.337 e. The van der Waals surface area contributed by atoms with Gasteiger partial charge < -0.3 is 9.47 Å². The average Bonchev–Trinajstić information content (AvgIpc) is 3.35. The summed E-state index contributed by atoms with van der Waals surface area (Å²) in [6.07, 6.45) is 9.13. The lowest BCUT2D eigenvalue weighted by molar-refractivity contribution is 0.0672. The number of aromatic nitrogens is 3. The standard InChI is InChI=1S/C19H19FN4O/c20-17-13-15(6-7-18(17)22-9-1-2-10-22)19(25)23-11-3-5-16(14-23)24-12-4-8-21-24/h1-2,4,6-10,12-13,16H,3,5,11,14H2/t16-/m0/s1. The first-order valence-electron chi connectivity index (χ1n) is 8.43. The number of halogens is 1. The second-order valence-corrected chi connectivity index (χ2v) is 6.29. The predicted molar refractivity (Wildman–Crippen MR) is 92.1 cm³/mol. The highest BCUT2D eigenvalue weighted by Crippen LogP contribution is 2.23. The van der Waals surface area contributed by atoms with E-state index in [0.29, 0.717) is 24.3 Å². The summed E-state index contributed by atoms with van der Waals surface area (Å²) >= 11 is 0. The first-order valence-corrected chi connectivity index (χ1v) is 8.43. The number of likely N-dealkylation sites (tertiary alicyclic amines) is 1. The zero-order valence-electron chi connectivity index (χ0n) is 13.8. The molecule has 0 spiro atoms. The molecule has 5 nitrogen and oxygen atoms in total. The second kappa shape index (κ2) is 6.55. The van der Waals surface area contributed by atoms with E-state index in [-0.39, 0.29) is 11.9 Å². The number of benzene rings is 1. The van der Waals surface area contributed by atoms with Crippen molar-refractivity contribution in [3.8, 4) is 5.69 Å². The fraction of sp³-hybridized carbons (Fsp3) is 0.263. The molecule has 128 valence electrons. The maximum Gasteiger partial charge on any atom is 0.254 e. The summed E-state index contributed by atoms with van der Waals surface area (Å²) in [7, 11) is 0. The quantitative estimate of drug-likeness (QED) is 0.735. The number of piperidine rings is 1. The number of rotatable bonds is 3. The number of hydrogen-bond acceptors (Lipinski definition) is 2. The molecule has 0 saturated carbocycles. The molecule has 0 radical (unpaired) electrons. The molecule has 0 N–H and O–H groups in total. The molecule has 3 aromatic rings. The molecule has 0 aliphatic carbocycles. The normalized spacial score (nSPS) is 17.6. The van der Waals surface area contributed by atoms with Gasteiger partial charge in [-0.1, -0.05) is 0 Å². The lowest BCUT2D eigenvalue weighted by Crippen LogP contribution is -2.40. The largest absolute Gasteiger partial charge is 0.337 e. The van der Waals surface area contributed by atoms with Crippen LogP contribution in [0, 0.1) is 5.82 Å². The predicted octanol–water partition coefficient (Wildman–Crippen LogP) is 3.29. The monoisotopic (exact) mass is 338 g/mol. The molecule has 1 atom stereocenters. The topological polar surface area (TPSA) is 43.1 Å². The van der Waals surface area contributed by atoms with Crippen molar-refractivity contribution in [2.45, 2.75) is 18.9 Å². The first-order chi connectivity index (χ1) is 12.2. The summed E-state index contributed by atoms with van der Waals surface area (Å²) in [5, 5.41) is 4.28. The summed E-state index contributed by atoms with van der Waals surface area (Å²) in [4.78, 5) is 14.6. The second-order valence-electron chi connectivity index (χ2n) is 6.29. The van der Waals surface area contributed by atoms with Crippen LogP contribution in [0.5, 0.6) is 0 Å². The number of carbonyl (C=O) groups is 1. The molecule has 1 aliphatic heterocycles. The Morgan fingerprint density at radius 2 is 2.00 bits per heavy atom. The molecule has 1 amide bonds. The SMILES string of the molecule is O=C(c1ccc(-n2cccc2)c(F)c1)N1CCC[C@H](n2cccn2)C1. The lowest BCUT2D eigenvalue weighted by Gasteiger charge is -2.33. The Bertz CT molecular complexity index is 858. The van der Waals surface area contributed by atoms with Crippen molar-refractivity contribution in [3.63, 3.8) is 0 Å². The molecular weight excluding hydrogens is 319 g/mol. The third kappa shape index (κ3) is 3.07. The van der Waals surface area contributed by atoms with Gasteiger partial charge in [-0.15, -0.1) is 0 Å². The zero-order valence-corrected chi connectivity index (χ0v) is 13.8. The van der Waals surface area contributed by atoms with Gasteiger partial charge in [0.25, 0.3) is 5.91 Å². The molecule has 1 saturated heterocycles. The number of amides is 1. The van der Waals surface area contributed by atoms with Crippen LogP contribution in [0.15, 0.2) is 61.2 Å². The summed E-state index contributed by atoms with van der Waals surface area (Å²) in [6.45, 7) is 1.29. The molecule has 1 fully saturated rings. The van der Waals surface area contributed by atoms with E-state index in [0.717, 1.165) is 12.8 Å². The lowest BCUT2D eigenvalue weighted by atomic mass is 10.0. The van der Waals surface area contributed by atoms with E-state index in [1.165, 1.54) is 6.07 Å². The maximum absolute atomic E-state index is 14.4. The van der Waals surface area contributed by atoms with E-state index in [1.807, 2.05) is 29.1 Å². The van der Waals surface area contributed by atoms with Gasteiger partial charge >= 0.3 is 0 Å². The molecular formula is C19H19FN4O. The van der Waals surface area contributed by atoms with E-state index < -0.39 is 5.82 Å². The zero-order chi connectivity index (χ0) is 17.2. The smallest absolute Gasteiger partial charge is 0.254 e. The van der Waals surface area contributed by atoms with Crippen molar-refractivity contribution < 1.29 is 9.18 Å². The molecule has 4 rings (SSSR count). The van der Waals surface area contributed by atoms with Crippen LogP contribution in [0.3, 0.4) is 0 Å². The van der Waals surface area contributed by atoms with Crippen LogP contribution in [0.25, 0.3) is 5.69 Å². The van der Waals surface area contributed by atoms with Gasteiger partial charge in [-0.25, -0.2) is 4.39 Å². The number of nitrogens with zero attached hydrogens (tertiary/aromatic N) is 4. The Labute approximate surface area is 145 Å². The van der Waals surface area contributed by atoms with Crippen LogP contribution in [-0.2, 0) is 0 Å². The highest BCUT2D eigenvalue weighted by molar-refractivity contribution is 5.94. The third-order valence-electron chi connectivity index (χ3n) is 4.66. The highest BCUT2D eigenvalue weighted by Gasteiger charge is 2.26. The van der Waals surface area contributed by atoms with E-state index in [1.54, 1.807) is 40.2 Å². The molecule has 1 aromatic carbocycles. The van der Waals surface area contributed by atoms with Gasteiger partial charge in [-0.05, 0) is 49.2 Å². The molecule has 3 heterocycles. The Hall–Kier alpha value is -2.89. The molecule has 6 heteroatoms. The van der Waals surface area contributed by atoms with Crippen LogP contribution in [0.4, 0.5) is 4.39 Å². The van der Waals surface area contributed by atoms with Gasteiger partial charge in [0.15, 0.2) is 0 Å². The Kier molecular flexibility index (Phi) is 4.09. The van der Waals surface area contributed by atoms with Crippen molar-refractivity contribution in [1.29, 1.82) is 0 Å². The summed E-state index contributed by atoms with van der Waals surface area (Å²) in [6, 6.07) is 10.4. The summed E-state index contributed by atoms with van der Waals surface area (Å²) in [5.41, 5.74) is 0.823. The Morgan fingerprint density at radius 3 is 2.72 bits per heavy atom. The van der Waals surface area contributed by atoms with Crippen molar-refractivity contribution in [1.82, 2.24) is 19.2 Å². The van der Waals surface area contributed by atoms with Crippen LogP contribution in [-0.4, -0.2) is 38.2 Å². The van der Waals surface area contributed by atoms with Crippen LogP contribution < -0.4 is 0 Å². The Morgan fingerprint density at radius 1 is 1.16 bits per heavy atom. The maximum atomic E-state index is 14.4. The van der Waals surface area contributed by atoms with Crippen LogP contribution in [0.1, 0.15) is 29.2 Å². The van der Waals surface area contributed by atoms with Crippen molar-refractivity contribution >= 4 is 5.91 Å². The van der Waals surface area contributed by atoms with Gasteiger partial charge in [-0.2, -0.15) is 5.10 Å². The first kappa shape index (κ1) is 15.6. The minimum absolute atomic E-state index is 0.130. The van der Waals surface area contributed by atoms with Gasteiger partial charge in [0.1, 0.15) is 5.82 Å². The van der Waals surface area contributed by atoms with Gasteiger partial charge in [0.05, 0.1) is 11.7 Å². The fourth-order valence-corrected chi connectivity index (χ4v) is 3.38. The molecule has 0 bridgehead atoms. The van der Waals surface area contributed by atoms with E-state index in [9.17, 15) is 9.18 Å². The van der Waals surface area contributed by atoms with E-state index in [2.05, 4.69) is 5.10 Å². The summed E-state index contributed by atoms with van der Waals surface area (Å²) in [5.74, 6) is -0.530. The highest BCUT2D eigenvalue weighted by atomic mass is 19.1. The fourth-order valence-electron chi connectivity index (χ4n) is 3.38. The van der Waals surface area contributed by atoms with Crippen molar-refractivity contribution in [2.24, 2.45) is 0 Å². The molecule has 25 heavy (non-hydrogen) atoms. The van der Waals surface area contributed by atoms with Gasteiger partial charge in [0, 0.05) is 43.4 Å². The minimum atomic E-state index is -0.400. The molecule has 2 aromatic heterocycles. The third-order valence-corrected chi connectivity index (χ3v) is 4.66. The number of hydrogen-bond donors (Lipinski definition) is 0. The molecule has 1 aliphatic rings.